The Labute approximate surface area is 84.5 Å². The van der Waals surface area contributed by atoms with E-state index in [4.69, 9.17) is 0 Å². The number of hydrogen-bond donors (Lipinski definition) is 0. The highest BCUT2D eigenvalue weighted by Crippen LogP contribution is 2.22. The Bertz CT molecular complexity index is 290. The first-order valence-electron chi connectivity index (χ1n) is 5.08. The summed E-state index contributed by atoms with van der Waals surface area (Å²) in [7, 11) is 0. The van der Waals surface area contributed by atoms with Gasteiger partial charge in [0.15, 0.2) is 0 Å². The minimum Gasteiger partial charge on any atom is -0.290 e. The number of carbonyl (C=O) groups excluding carboxylic acids is 1. The quantitative estimate of drug-likeness (QED) is 0.722. The van der Waals surface area contributed by atoms with Crippen molar-refractivity contribution in [3.8, 4) is 0 Å². The van der Waals surface area contributed by atoms with Crippen molar-refractivity contribution in [3.05, 3.63) is 35.9 Å². The van der Waals surface area contributed by atoms with Crippen molar-refractivity contribution in [3.63, 3.8) is 0 Å². The summed E-state index contributed by atoms with van der Waals surface area (Å²) in [6.07, 6.45) is 4.54. The average Bonchev–Trinajstić information content (AvgIpc) is 2.74. The van der Waals surface area contributed by atoms with E-state index in [0.717, 1.165) is 18.7 Å². The van der Waals surface area contributed by atoms with Crippen molar-refractivity contribution < 1.29 is 4.79 Å². The first-order valence-corrected chi connectivity index (χ1v) is 5.08. The molecular formula is C12H14NO. The van der Waals surface area contributed by atoms with Gasteiger partial charge < -0.3 is 0 Å². The smallest absolute Gasteiger partial charge is 0.222 e. The van der Waals surface area contributed by atoms with Gasteiger partial charge in [-0.2, -0.15) is 0 Å². The molecule has 0 N–H and O–H groups in total. The molecule has 14 heavy (non-hydrogen) atoms. The first kappa shape index (κ1) is 9.41. The van der Waals surface area contributed by atoms with Crippen LogP contribution in [0.1, 0.15) is 24.4 Å². The fourth-order valence-electron chi connectivity index (χ4n) is 1.99. The van der Waals surface area contributed by atoms with E-state index in [-0.39, 0.29) is 6.04 Å². The van der Waals surface area contributed by atoms with Crippen LogP contribution in [-0.4, -0.2) is 24.3 Å². The van der Waals surface area contributed by atoms with E-state index >= 15 is 0 Å². The maximum absolute atomic E-state index is 10.9. The molecule has 1 fully saturated rings. The lowest BCUT2D eigenvalue weighted by atomic mass is 10.1. The lowest BCUT2D eigenvalue weighted by molar-refractivity contribution is 0.295. The molecule has 1 radical (unpaired) electrons. The van der Waals surface area contributed by atoms with E-state index in [2.05, 4.69) is 11.2 Å². The van der Waals surface area contributed by atoms with Crippen molar-refractivity contribution >= 4 is 6.29 Å². The van der Waals surface area contributed by atoms with Crippen LogP contribution in [0.4, 0.5) is 0 Å². The van der Waals surface area contributed by atoms with Crippen molar-refractivity contribution in [1.29, 1.82) is 0 Å². The third-order valence-electron chi connectivity index (χ3n) is 2.73. The van der Waals surface area contributed by atoms with E-state index in [9.17, 15) is 4.79 Å². The molecule has 1 heterocycles. The highest BCUT2D eigenvalue weighted by Gasteiger charge is 2.23. The van der Waals surface area contributed by atoms with Crippen molar-refractivity contribution in [2.75, 3.05) is 13.1 Å². The fraction of sp³-hybridized carbons (Fsp3) is 0.417. The maximum atomic E-state index is 10.9. The molecule has 0 amide bonds. The van der Waals surface area contributed by atoms with Crippen LogP contribution in [0.2, 0.25) is 0 Å². The summed E-state index contributed by atoms with van der Waals surface area (Å²) in [6.45, 7) is 2.05. The molecule has 1 aliphatic rings. The molecule has 2 rings (SSSR count). The number of nitrogens with zero attached hydrogens (tertiary/aromatic N) is 1. The third-order valence-corrected chi connectivity index (χ3v) is 2.73. The molecule has 0 aromatic heterocycles. The second-order valence-corrected chi connectivity index (χ2v) is 3.67. The first-order chi connectivity index (χ1) is 6.92. The van der Waals surface area contributed by atoms with Gasteiger partial charge in [0, 0.05) is 0 Å². The molecule has 0 spiro atoms. The number of likely N-dealkylation sites (tertiary alicyclic amines) is 1. The van der Waals surface area contributed by atoms with Gasteiger partial charge in [0.05, 0.1) is 0 Å². The van der Waals surface area contributed by atoms with Crippen LogP contribution in [0.3, 0.4) is 0 Å². The standard InChI is InChI=1S/C12H14NO/c14-10-12(13-8-4-5-9-13)11-6-2-1-3-7-11/h1-3,6-7,12H,4-5,8-9H2. The molecule has 0 saturated carbocycles. The summed E-state index contributed by atoms with van der Waals surface area (Å²) in [5, 5.41) is 0. The topological polar surface area (TPSA) is 20.3 Å². The molecule has 1 unspecified atom stereocenters. The Morgan fingerprint density at radius 3 is 2.36 bits per heavy atom. The summed E-state index contributed by atoms with van der Waals surface area (Å²) in [4.78, 5) is 13.1. The predicted molar refractivity (Wildman–Crippen MR) is 55.7 cm³/mol. The van der Waals surface area contributed by atoms with Crippen LogP contribution < -0.4 is 0 Å². The minimum absolute atomic E-state index is 0.154. The second-order valence-electron chi connectivity index (χ2n) is 3.67. The van der Waals surface area contributed by atoms with Gasteiger partial charge in [0.2, 0.25) is 6.29 Å². The molecule has 1 saturated heterocycles. The normalized spacial score (nSPS) is 19.4. The molecular weight excluding hydrogens is 174 g/mol. The van der Waals surface area contributed by atoms with Crippen LogP contribution in [-0.2, 0) is 4.79 Å². The molecule has 2 nitrogen and oxygen atoms in total. The Morgan fingerprint density at radius 2 is 1.79 bits per heavy atom. The van der Waals surface area contributed by atoms with E-state index in [1.165, 1.54) is 12.8 Å². The monoisotopic (exact) mass is 188 g/mol. The van der Waals surface area contributed by atoms with Gasteiger partial charge in [0.25, 0.3) is 0 Å². The number of benzene rings is 1. The van der Waals surface area contributed by atoms with Gasteiger partial charge in [-0.05, 0) is 31.5 Å². The Morgan fingerprint density at radius 1 is 1.14 bits per heavy atom. The summed E-state index contributed by atoms with van der Waals surface area (Å²) < 4.78 is 0. The Kier molecular flexibility index (Phi) is 2.94. The van der Waals surface area contributed by atoms with Crippen LogP contribution >= 0.6 is 0 Å². The van der Waals surface area contributed by atoms with Gasteiger partial charge in [0.1, 0.15) is 6.04 Å². The van der Waals surface area contributed by atoms with Crippen molar-refractivity contribution in [1.82, 2.24) is 4.90 Å². The zero-order valence-electron chi connectivity index (χ0n) is 8.15. The van der Waals surface area contributed by atoms with Gasteiger partial charge in [-0.15, -0.1) is 0 Å². The molecule has 0 aliphatic carbocycles. The lowest BCUT2D eigenvalue weighted by Crippen LogP contribution is -2.26. The van der Waals surface area contributed by atoms with E-state index in [1.54, 1.807) is 0 Å². The SMILES string of the molecule is O=[C]C(c1ccccc1)N1CCCC1. The molecule has 1 atom stereocenters. The molecule has 1 aromatic carbocycles. The van der Waals surface area contributed by atoms with Crippen LogP contribution in [0.15, 0.2) is 30.3 Å². The van der Waals surface area contributed by atoms with Gasteiger partial charge >= 0.3 is 0 Å². The fourth-order valence-corrected chi connectivity index (χ4v) is 1.99. The van der Waals surface area contributed by atoms with Crippen LogP contribution in [0.25, 0.3) is 0 Å². The zero-order valence-corrected chi connectivity index (χ0v) is 8.15. The van der Waals surface area contributed by atoms with Crippen LogP contribution in [0, 0.1) is 0 Å². The van der Waals surface area contributed by atoms with Crippen molar-refractivity contribution in [2.45, 2.75) is 18.9 Å². The average molecular weight is 188 g/mol. The van der Waals surface area contributed by atoms with E-state index in [1.807, 2.05) is 30.3 Å². The number of hydrogen-bond acceptors (Lipinski definition) is 2. The van der Waals surface area contributed by atoms with Gasteiger partial charge in [-0.3, -0.25) is 9.69 Å². The largest absolute Gasteiger partial charge is 0.290 e. The van der Waals surface area contributed by atoms with E-state index < -0.39 is 0 Å². The second kappa shape index (κ2) is 4.38. The molecule has 73 valence electrons. The molecule has 1 aromatic rings. The summed E-state index contributed by atoms with van der Waals surface area (Å²) in [6, 6.07) is 9.74. The summed E-state index contributed by atoms with van der Waals surface area (Å²) >= 11 is 0. The predicted octanol–water partition coefficient (Wildman–Crippen LogP) is 1.93. The molecule has 0 bridgehead atoms. The zero-order chi connectivity index (χ0) is 9.80. The minimum atomic E-state index is -0.154. The maximum Gasteiger partial charge on any atom is 0.222 e. The molecule has 2 heteroatoms. The highest BCUT2D eigenvalue weighted by molar-refractivity contribution is 5.62. The van der Waals surface area contributed by atoms with Gasteiger partial charge in [-0.25, -0.2) is 0 Å². The highest BCUT2D eigenvalue weighted by atomic mass is 16.1. The van der Waals surface area contributed by atoms with Crippen molar-refractivity contribution in [2.24, 2.45) is 0 Å². The van der Waals surface area contributed by atoms with Crippen LogP contribution in [0.5, 0.6) is 0 Å². The Balaban J connectivity index is 2.16. The van der Waals surface area contributed by atoms with Gasteiger partial charge in [-0.1, -0.05) is 30.3 Å². The third kappa shape index (κ3) is 1.85. The lowest BCUT2D eigenvalue weighted by Gasteiger charge is -2.21. The summed E-state index contributed by atoms with van der Waals surface area (Å²) in [5.74, 6) is 0. The van der Waals surface area contributed by atoms with E-state index in [0.29, 0.717) is 0 Å². The summed E-state index contributed by atoms with van der Waals surface area (Å²) in [5.41, 5.74) is 1.06. The molecule has 1 aliphatic heterocycles. The Hall–Kier alpha value is -1.15. The number of rotatable bonds is 3.